The molecule has 0 aliphatic rings. The van der Waals surface area contributed by atoms with Crippen LogP contribution in [0.5, 0.6) is 0 Å². The molecule has 15 heteroatoms. The summed E-state index contributed by atoms with van der Waals surface area (Å²) in [5.74, 6) is 0.300. The predicted octanol–water partition coefficient (Wildman–Crippen LogP) is 6.74. The van der Waals surface area contributed by atoms with Crippen LogP contribution in [0.15, 0.2) is 140 Å². The lowest BCUT2D eigenvalue weighted by molar-refractivity contribution is -0.137. The number of fused-ring (bicyclic) bond motifs is 2. The Morgan fingerprint density at radius 1 is 0.577 bits per heavy atom. The number of carbonyl (C=O) groups is 2. The third-order valence-electron chi connectivity index (χ3n) is 7.85. The lowest BCUT2D eigenvalue weighted by atomic mass is 10.2. The topological polar surface area (TPSA) is 129 Å². The van der Waals surface area contributed by atoms with Gasteiger partial charge in [0.25, 0.3) is 0 Å². The molecule has 8 aromatic rings. The lowest BCUT2D eigenvalue weighted by Gasteiger charge is -2.08. The number of halogens is 3. The summed E-state index contributed by atoms with van der Waals surface area (Å²) in [4.78, 5) is 33.1. The van der Waals surface area contributed by atoms with Crippen LogP contribution < -0.4 is 10.6 Å². The number of nitrogens with one attached hydrogen (secondary N) is 2. The second-order valence-electron chi connectivity index (χ2n) is 11.5. The minimum absolute atomic E-state index is 0.0386. The van der Waals surface area contributed by atoms with Crippen LogP contribution in [0, 0.1) is 0 Å². The Balaban J connectivity index is 0.000000164. The Morgan fingerprint density at radius 3 is 1.60 bits per heavy atom. The van der Waals surface area contributed by atoms with Crippen molar-refractivity contribution in [2.75, 3.05) is 10.6 Å². The van der Waals surface area contributed by atoms with E-state index in [1.807, 2.05) is 89.6 Å². The van der Waals surface area contributed by atoms with Crippen molar-refractivity contribution >= 4 is 45.5 Å². The Bertz CT molecular complexity index is 2480. The van der Waals surface area contributed by atoms with E-state index in [1.54, 1.807) is 28.0 Å². The van der Waals surface area contributed by atoms with Crippen molar-refractivity contribution in [1.82, 2.24) is 38.7 Å². The van der Waals surface area contributed by atoms with Crippen LogP contribution in [0.1, 0.15) is 5.56 Å². The van der Waals surface area contributed by atoms with Gasteiger partial charge in [0.2, 0.25) is 11.8 Å². The maximum absolute atomic E-state index is 12.9. The molecule has 4 heterocycles. The first-order valence-corrected chi connectivity index (χ1v) is 15.9. The number of hydrogen-bond acceptors (Lipinski definition) is 6. The molecular formula is C37H29F3N10O2. The van der Waals surface area contributed by atoms with E-state index < -0.39 is 11.7 Å². The molecule has 0 spiro atoms. The van der Waals surface area contributed by atoms with Crippen LogP contribution in [0.3, 0.4) is 0 Å². The number of benzene rings is 4. The van der Waals surface area contributed by atoms with Gasteiger partial charge in [0.05, 0.1) is 51.7 Å². The zero-order valence-corrected chi connectivity index (χ0v) is 27.2. The van der Waals surface area contributed by atoms with Crippen molar-refractivity contribution in [2.45, 2.75) is 19.3 Å². The van der Waals surface area contributed by atoms with Gasteiger partial charge in [-0.05, 0) is 54.6 Å². The van der Waals surface area contributed by atoms with Crippen molar-refractivity contribution in [3.8, 4) is 11.4 Å². The number of rotatable bonds is 8. The molecule has 0 saturated heterocycles. The van der Waals surface area contributed by atoms with E-state index in [0.717, 1.165) is 39.9 Å². The van der Waals surface area contributed by atoms with E-state index in [4.69, 9.17) is 0 Å². The fourth-order valence-electron chi connectivity index (χ4n) is 5.42. The number of nitrogens with zero attached hydrogens (tertiary/aromatic N) is 8. The average molecular weight is 703 g/mol. The van der Waals surface area contributed by atoms with Crippen LogP contribution in [0.4, 0.5) is 24.8 Å². The summed E-state index contributed by atoms with van der Waals surface area (Å²) in [7, 11) is 0. The zero-order valence-electron chi connectivity index (χ0n) is 27.2. The molecule has 0 aliphatic heterocycles. The number of anilines is 2. The molecule has 52 heavy (non-hydrogen) atoms. The highest BCUT2D eigenvalue weighted by Gasteiger charge is 2.30. The summed E-state index contributed by atoms with van der Waals surface area (Å²) in [5, 5.41) is 14.0. The fraction of sp³-hybridized carbons (Fsp3) is 0.0811. The Kier molecular flexibility index (Phi) is 9.30. The van der Waals surface area contributed by atoms with Gasteiger partial charge >= 0.3 is 6.18 Å². The molecule has 4 aromatic heterocycles. The molecule has 0 radical (unpaired) electrons. The predicted molar refractivity (Wildman–Crippen MR) is 189 cm³/mol. The number of amides is 2. The van der Waals surface area contributed by atoms with E-state index in [-0.39, 0.29) is 36.4 Å². The Hall–Kier alpha value is -7.03. The first-order chi connectivity index (χ1) is 25.2. The van der Waals surface area contributed by atoms with Gasteiger partial charge in [0.15, 0.2) is 11.6 Å². The van der Waals surface area contributed by atoms with Crippen molar-refractivity contribution < 1.29 is 22.8 Å². The SMILES string of the molecule is O=C(Cn1cnc2ccccc21)Nc1ccn(-c2cccc(C(F)(F)F)c2)n1.O=C(Cn1cnc2ccccc21)Nc1ccn(-c2ccccc2)n1. The van der Waals surface area contributed by atoms with Crippen LogP contribution in [0.2, 0.25) is 0 Å². The van der Waals surface area contributed by atoms with E-state index in [1.165, 1.54) is 29.1 Å². The number of hydrogen-bond donors (Lipinski definition) is 2. The van der Waals surface area contributed by atoms with Crippen molar-refractivity contribution in [3.63, 3.8) is 0 Å². The van der Waals surface area contributed by atoms with Crippen LogP contribution in [0.25, 0.3) is 33.4 Å². The lowest BCUT2D eigenvalue weighted by Crippen LogP contribution is -2.18. The van der Waals surface area contributed by atoms with Gasteiger partial charge in [0.1, 0.15) is 13.1 Å². The van der Waals surface area contributed by atoms with Crippen molar-refractivity contribution in [1.29, 1.82) is 0 Å². The van der Waals surface area contributed by atoms with Crippen molar-refractivity contribution in [3.05, 3.63) is 146 Å². The molecule has 8 rings (SSSR count). The molecule has 0 unspecified atom stereocenters. The van der Waals surface area contributed by atoms with E-state index in [9.17, 15) is 22.8 Å². The van der Waals surface area contributed by atoms with Crippen molar-refractivity contribution in [2.24, 2.45) is 0 Å². The molecule has 0 saturated carbocycles. The molecule has 2 N–H and O–H groups in total. The van der Waals surface area contributed by atoms with Gasteiger partial charge < -0.3 is 19.8 Å². The molecule has 0 bridgehead atoms. The van der Waals surface area contributed by atoms with E-state index in [0.29, 0.717) is 5.82 Å². The van der Waals surface area contributed by atoms with Gasteiger partial charge in [-0.2, -0.15) is 23.4 Å². The number of aromatic nitrogens is 8. The number of carbonyl (C=O) groups excluding carboxylic acids is 2. The summed E-state index contributed by atoms with van der Waals surface area (Å²) in [6, 6.07) is 33.0. The molecule has 4 aromatic carbocycles. The maximum atomic E-state index is 12.9. The number of alkyl halides is 3. The van der Waals surface area contributed by atoms with Crippen LogP contribution in [-0.2, 0) is 28.9 Å². The smallest absolute Gasteiger partial charge is 0.321 e. The van der Waals surface area contributed by atoms with Crippen LogP contribution >= 0.6 is 0 Å². The molecule has 2 amide bonds. The second kappa shape index (κ2) is 14.4. The standard InChI is InChI=1S/C19H14F3N5O.C18H15N5O/c20-19(21,22)13-4-3-5-14(10-13)27-9-8-17(25-27)24-18(28)11-26-12-23-15-6-1-2-7-16(15)26;24-18(12-22-13-19-15-8-4-5-9-16(15)22)20-17-10-11-23(21-17)14-6-2-1-3-7-14/h1-10,12H,11H2,(H,24,25,28);1-11,13H,12H2,(H,20,21,24). The summed E-state index contributed by atoms with van der Waals surface area (Å²) < 4.78 is 45.1. The van der Waals surface area contributed by atoms with Gasteiger partial charge in [-0.1, -0.05) is 48.5 Å². The first-order valence-electron chi connectivity index (χ1n) is 15.9. The minimum Gasteiger partial charge on any atom is -0.321 e. The maximum Gasteiger partial charge on any atom is 0.416 e. The summed E-state index contributed by atoms with van der Waals surface area (Å²) in [5.41, 5.74) is 3.84. The highest BCUT2D eigenvalue weighted by atomic mass is 19.4. The highest BCUT2D eigenvalue weighted by molar-refractivity contribution is 5.91. The minimum atomic E-state index is -4.44. The highest BCUT2D eigenvalue weighted by Crippen LogP contribution is 2.30. The summed E-state index contributed by atoms with van der Waals surface area (Å²) in [6.45, 7) is 0.232. The molecule has 0 aliphatic carbocycles. The van der Waals surface area contributed by atoms with Crippen LogP contribution in [-0.4, -0.2) is 50.5 Å². The summed E-state index contributed by atoms with van der Waals surface area (Å²) in [6.07, 6.45) is 2.11. The average Bonchev–Trinajstić information content (AvgIpc) is 3.97. The number of para-hydroxylation sites is 5. The largest absolute Gasteiger partial charge is 0.416 e. The van der Waals surface area contributed by atoms with E-state index in [2.05, 4.69) is 30.8 Å². The summed E-state index contributed by atoms with van der Waals surface area (Å²) >= 11 is 0. The van der Waals surface area contributed by atoms with Gasteiger partial charge in [-0.3, -0.25) is 9.59 Å². The molecular weight excluding hydrogens is 673 g/mol. The molecule has 260 valence electrons. The third kappa shape index (κ3) is 7.73. The van der Waals surface area contributed by atoms with Gasteiger partial charge in [-0.25, -0.2) is 19.3 Å². The molecule has 0 atom stereocenters. The molecule has 0 fully saturated rings. The quantitative estimate of drug-likeness (QED) is 0.181. The molecule has 12 nitrogen and oxygen atoms in total. The zero-order chi connectivity index (χ0) is 36.1. The first kappa shape index (κ1) is 33.5. The van der Waals surface area contributed by atoms with E-state index >= 15 is 0 Å². The van der Waals surface area contributed by atoms with Gasteiger partial charge in [0, 0.05) is 24.5 Å². The normalized spacial score (nSPS) is 11.3. The Labute approximate surface area is 293 Å². The number of imidazole rings is 2. The van der Waals surface area contributed by atoms with Gasteiger partial charge in [-0.15, -0.1) is 0 Å². The second-order valence-corrected chi connectivity index (χ2v) is 11.5. The fourth-order valence-corrected chi connectivity index (χ4v) is 5.42. The Morgan fingerprint density at radius 2 is 1.06 bits per heavy atom. The monoisotopic (exact) mass is 702 g/mol. The third-order valence-corrected chi connectivity index (χ3v) is 7.85.